The summed E-state index contributed by atoms with van der Waals surface area (Å²) in [6, 6.07) is 3.75. The first-order chi connectivity index (χ1) is 8.72. The van der Waals surface area contributed by atoms with Crippen LogP contribution in [0.4, 0.5) is 8.78 Å². The second kappa shape index (κ2) is 7.50. The van der Waals surface area contributed by atoms with Crippen LogP contribution in [-0.2, 0) is 13.0 Å². The second-order valence-corrected chi connectivity index (χ2v) is 4.19. The lowest BCUT2D eigenvalue weighted by molar-refractivity contribution is 0.113. The van der Waals surface area contributed by atoms with Crippen molar-refractivity contribution in [2.45, 2.75) is 25.8 Å². The summed E-state index contributed by atoms with van der Waals surface area (Å²) >= 11 is 0. The summed E-state index contributed by atoms with van der Waals surface area (Å²) in [4.78, 5) is 0. The van der Waals surface area contributed by atoms with Crippen LogP contribution < -0.4 is 14.8 Å². The van der Waals surface area contributed by atoms with Crippen molar-refractivity contribution in [2.24, 2.45) is 0 Å². The van der Waals surface area contributed by atoms with Crippen molar-refractivity contribution in [3.63, 3.8) is 0 Å². The molecule has 2 rings (SSSR count). The number of halogens is 3. The maximum Gasteiger partial charge on any atom is 0.241 e. The first-order valence-corrected chi connectivity index (χ1v) is 6.02. The minimum atomic E-state index is -2.34. The smallest absolute Gasteiger partial charge is 0.241 e. The van der Waals surface area contributed by atoms with Gasteiger partial charge in [-0.15, -0.1) is 12.4 Å². The van der Waals surface area contributed by atoms with Gasteiger partial charge >= 0.3 is 0 Å². The normalized spacial score (nSPS) is 13.7. The SMILES string of the molecule is COc1c(OCCC(F)F)ccc2c1CCNC2.Cl. The Morgan fingerprint density at radius 2 is 2.16 bits per heavy atom. The molecule has 0 amide bonds. The molecule has 0 aromatic heterocycles. The van der Waals surface area contributed by atoms with Gasteiger partial charge in [0.25, 0.3) is 0 Å². The van der Waals surface area contributed by atoms with Gasteiger partial charge in [0.2, 0.25) is 6.43 Å². The third kappa shape index (κ3) is 3.94. The molecule has 0 fully saturated rings. The van der Waals surface area contributed by atoms with Crippen LogP contribution in [-0.4, -0.2) is 26.7 Å². The van der Waals surface area contributed by atoms with Gasteiger partial charge in [-0.25, -0.2) is 8.78 Å². The Morgan fingerprint density at radius 1 is 1.37 bits per heavy atom. The van der Waals surface area contributed by atoms with Crippen molar-refractivity contribution in [1.29, 1.82) is 0 Å². The summed E-state index contributed by atoms with van der Waals surface area (Å²) in [5.74, 6) is 1.24. The Balaban J connectivity index is 0.00000180. The average Bonchev–Trinajstić information content (AvgIpc) is 2.38. The van der Waals surface area contributed by atoms with E-state index < -0.39 is 6.43 Å². The molecular weight excluding hydrogens is 276 g/mol. The molecule has 19 heavy (non-hydrogen) atoms. The highest BCUT2D eigenvalue weighted by atomic mass is 35.5. The molecule has 0 unspecified atom stereocenters. The van der Waals surface area contributed by atoms with Crippen molar-refractivity contribution in [3.8, 4) is 11.5 Å². The largest absolute Gasteiger partial charge is 0.493 e. The molecule has 0 saturated heterocycles. The lowest BCUT2D eigenvalue weighted by Gasteiger charge is -2.21. The Kier molecular flexibility index (Phi) is 6.31. The first kappa shape index (κ1) is 16.0. The minimum absolute atomic E-state index is 0. The van der Waals surface area contributed by atoms with Gasteiger partial charge in [-0.1, -0.05) is 6.07 Å². The van der Waals surface area contributed by atoms with Crippen molar-refractivity contribution in [1.82, 2.24) is 5.32 Å². The molecule has 0 spiro atoms. The minimum Gasteiger partial charge on any atom is -0.493 e. The Labute approximate surface area is 117 Å². The van der Waals surface area contributed by atoms with Crippen molar-refractivity contribution >= 4 is 12.4 Å². The summed E-state index contributed by atoms with van der Waals surface area (Å²) in [6.07, 6.45) is -1.73. The average molecular weight is 294 g/mol. The van der Waals surface area contributed by atoms with E-state index in [0.717, 1.165) is 25.1 Å². The number of fused-ring (bicyclic) bond motifs is 1. The molecule has 3 nitrogen and oxygen atoms in total. The number of ether oxygens (including phenoxy) is 2. The fourth-order valence-electron chi connectivity index (χ4n) is 2.12. The number of benzene rings is 1. The van der Waals surface area contributed by atoms with Gasteiger partial charge in [0.1, 0.15) is 0 Å². The summed E-state index contributed by atoms with van der Waals surface area (Å²) in [6.45, 7) is 1.71. The summed E-state index contributed by atoms with van der Waals surface area (Å²) in [5.41, 5.74) is 2.30. The molecule has 1 heterocycles. The highest BCUT2D eigenvalue weighted by Crippen LogP contribution is 2.35. The van der Waals surface area contributed by atoms with Crippen molar-refractivity contribution in [2.75, 3.05) is 20.3 Å². The standard InChI is InChI=1S/C13H17F2NO2.ClH/c1-17-13-10-4-6-16-8-9(10)2-3-11(13)18-7-5-12(14)15;/h2-3,12,16H,4-8H2,1H3;1H. The molecule has 0 radical (unpaired) electrons. The van der Waals surface area contributed by atoms with Crippen LogP contribution in [0, 0.1) is 0 Å². The van der Waals surface area contributed by atoms with Gasteiger partial charge in [-0.2, -0.15) is 0 Å². The summed E-state index contributed by atoms with van der Waals surface area (Å²) < 4.78 is 34.9. The first-order valence-electron chi connectivity index (χ1n) is 6.02. The number of hydrogen-bond acceptors (Lipinski definition) is 3. The van der Waals surface area contributed by atoms with Crippen LogP contribution in [0.1, 0.15) is 17.5 Å². The van der Waals surface area contributed by atoms with Gasteiger partial charge in [0, 0.05) is 18.5 Å². The Bertz CT molecular complexity index is 416. The van der Waals surface area contributed by atoms with Crippen LogP contribution >= 0.6 is 12.4 Å². The van der Waals surface area contributed by atoms with E-state index in [4.69, 9.17) is 9.47 Å². The van der Waals surface area contributed by atoms with Crippen molar-refractivity contribution < 1.29 is 18.3 Å². The highest BCUT2D eigenvalue weighted by molar-refractivity contribution is 5.85. The van der Waals surface area contributed by atoms with E-state index in [0.29, 0.717) is 11.5 Å². The van der Waals surface area contributed by atoms with E-state index in [1.165, 1.54) is 5.56 Å². The fourth-order valence-corrected chi connectivity index (χ4v) is 2.12. The van der Waals surface area contributed by atoms with E-state index in [9.17, 15) is 8.78 Å². The third-order valence-corrected chi connectivity index (χ3v) is 2.99. The topological polar surface area (TPSA) is 30.5 Å². The molecule has 108 valence electrons. The van der Waals surface area contributed by atoms with Crippen LogP contribution in [0.25, 0.3) is 0 Å². The molecule has 1 aromatic carbocycles. The monoisotopic (exact) mass is 293 g/mol. The number of nitrogens with one attached hydrogen (secondary N) is 1. The van der Waals surface area contributed by atoms with Gasteiger partial charge in [-0.3, -0.25) is 0 Å². The van der Waals surface area contributed by atoms with Crippen LogP contribution in [0.2, 0.25) is 0 Å². The zero-order valence-electron chi connectivity index (χ0n) is 10.7. The highest BCUT2D eigenvalue weighted by Gasteiger charge is 2.18. The van der Waals surface area contributed by atoms with E-state index in [2.05, 4.69) is 5.32 Å². The van der Waals surface area contributed by atoms with Gasteiger partial charge in [-0.05, 0) is 24.6 Å². The van der Waals surface area contributed by atoms with Gasteiger partial charge in [0.05, 0.1) is 13.7 Å². The Morgan fingerprint density at radius 3 is 2.84 bits per heavy atom. The number of methoxy groups -OCH3 is 1. The molecule has 1 N–H and O–H groups in total. The molecule has 0 aliphatic carbocycles. The number of hydrogen-bond donors (Lipinski definition) is 1. The zero-order valence-corrected chi connectivity index (χ0v) is 11.6. The second-order valence-electron chi connectivity index (χ2n) is 4.19. The predicted octanol–water partition coefficient (Wildman–Crippen LogP) is 2.80. The maximum atomic E-state index is 12.1. The number of alkyl halides is 2. The van der Waals surface area contributed by atoms with Gasteiger partial charge in [0.15, 0.2) is 11.5 Å². The summed E-state index contributed by atoms with van der Waals surface area (Å²) in [7, 11) is 1.58. The van der Waals surface area contributed by atoms with Crippen LogP contribution in [0.15, 0.2) is 12.1 Å². The van der Waals surface area contributed by atoms with E-state index in [1.54, 1.807) is 13.2 Å². The molecule has 0 atom stereocenters. The molecule has 0 bridgehead atoms. The number of rotatable bonds is 5. The lowest BCUT2D eigenvalue weighted by Crippen LogP contribution is -2.24. The van der Waals surface area contributed by atoms with E-state index >= 15 is 0 Å². The maximum absolute atomic E-state index is 12.1. The van der Waals surface area contributed by atoms with E-state index in [-0.39, 0.29) is 25.4 Å². The van der Waals surface area contributed by atoms with Crippen LogP contribution in [0.3, 0.4) is 0 Å². The van der Waals surface area contributed by atoms with Gasteiger partial charge < -0.3 is 14.8 Å². The molecular formula is C13H18ClF2NO2. The van der Waals surface area contributed by atoms with Crippen molar-refractivity contribution in [3.05, 3.63) is 23.3 Å². The quantitative estimate of drug-likeness (QED) is 0.905. The van der Waals surface area contributed by atoms with Crippen LogP contribution in [0.5, 0.6) is 11.5 Å². The fraction of sp³-hybridized carbons (Fsp3) is 0.538. The van der Waals surface area contributed by atoms with E-state index in [1.807, 2.05) is 6.07 Å². The molecule has 0 saturated carbocycles. The molecule has 1 aliphatic rings. The molecule has 1 aliphatic heterocycles. The third-order valence-electron chi connectivity index (χ3n) is 2.99. The predicted molar refractivity (Wildman–Crippen MR) is 71.8 cm³/mol. The molecule has 1 aromatic rings. The lowest BCUT2D eigenvalue weighted by atomic mass is 9.99. The molecule has 6 heteroatoms. The Hall–Kier alpha value is -1.07. The summed E-state index contributed by atoms with van der Waals surface area (Å²) in [5, 5.41) is 3.27. The zero-order chi connectivity index (χ0) is 13.0.